The van der Waals surface area contributed by atoms with Gasteiger partial charge in [0.1, 0.15) is 11.3 Å². The SMILES string of the molecule is CC(NC(=O)Nc1cccc(Br)c1)c1cc2ccccc2o1. The van der Waals surface area contributed by atoms with E-state index in [-0.39, 0.29) is 12.1 Å². The summed E-state index contributed by atoms with van der Waals surface area (Å²) in [6.45, 7) is 1.89. The molecule has 0 bridgehead atoms. The molecule has 0 aliphatic rings. The van der Waals surface area contributed by atoms with Crippen LogP contribution in [0.15, 0.2) is 63.5 Å². The number of furan rings is 1. The first-order chi connectivity index (χ1) is 10.6. The zero-order chi connectivity index (χ0) is 15.5. The van der Waals surface area contributed by atoms with Crippen LogP contribution in [0.3, 0.4) is 0 Å². The molecular formula is C17H15BrN2O2. The van der Waals surface area contributed by atoms with E-state index >= 15 is 0 Å². The van der Waals surface area contributed by atoms with Crippen molar-refractivity contribution >= 4 is 38.6 Å². The topological polar surface area (TPSA) is 54.3 Å². The van der Waals surface area contributed by atoms with Gasteiger partial charge >= 0.3 is 6.03 Å². The Bertz CT molecular complexity index is 780. The maximum Gasteiger partial charge on any atom is 0.319 e. The number of fused-ring (bicyclic) bond motifs is 1. The van der Waals surface area contributed by atoms with Gasteiger partial charge in [0.2, 0.25) is 0 Å². The van der Waals surface area contributed by atoms with Crippen LogP contribution in [-0.2, 0) is 0 Å². The maximum atomic E-state index is 12.0. The van der Waals surface area contributed by atoms with Gasteiger partial charge in [-0.25, -0.2) is 4.79 Å². The summed E-state index contributed by atoms with van der Waals surface area (Å²) in [6, 6.07) is 16.7. The summed E-state index contributed by atoms with van der Waals surface area (Å²) in [7, 11) is 0. The minimum atomic E-state index is -0.272. The molecule has 5 heteroatoms. The standard InChI is InChI=1S/C17H15BrN2O2/c1-11(16-9-12-5-2-3-8-15(12)22-16)19-17(21)20-14-7-4-6-13(18)10-14/h2-11H,1H3,(H2,19,20,21). The average Bonchev–Trinajstić information content (AvgIpc) is 2.91. The monoisotopic (exact) mass is 358 g/mol. The van der Waals surface area contributed by atoms with Gasteiger partial charge in [0.15, 0.2) is 0 Å². The third-order valence-electron chi connectivity index (χ3n) is 3.30. The number of urea groups is 1. The first-order valence-corrected chi connectivity index (χ1v) is 7.73. The number of anilines is 1. The van der Waals surface area contributed by atoms with Crippen LogP contribution in [-0.4, -0.2) is 6.03 Å². The number of hydrogen-bond donors (Lipinski definition) is 2. The number of halogens is 1. The number of carbonyl (C=O) groups is 1. The molecule has 1 aromatic heterocycles. The zero-order valence-corrected chi connectivity index (χ0v) is 13.6. The summed E-state index contributed by atoms with van der Waals surface area (Å²) in [5, 5.41) is 6.69. The van der Waals surface area contributed by atoms with Crippen molar-refractivity contribution in [1.82, 2.24) is 5.32 Å². The van der Waals surface area contributed by atoms with E-state index < -0.39 is 0 Å². The molecule has 3 rings (SSSR count). The molecule has 0 fully saturated rings. The molecule has 0 saturated heterocycles. The molecule has 2 N–H and O–H groups in total. The smallest absolute Gasteiger partial charge is 0.319 e. The Morgan fingerprint density at radius 3 is 2.73 bits per heavy atom. The molecule has 3 aromatic rings. The lowest BCUT2D eigenvalue weighted by Gasteiger charge is -2.12. The lowest BCUT2D eigenvalue weighted by Crippen LogP contribution is -2.30. The summed E-state index contributed by atoms with van der Waals surface area (Å²) in [6.07, 6.45) is 0. The lowest BCUT2D eigenvalue weighted by molar-refractivity contribution is 0.248. The van der Waals surface area contributed by atoms with Crippen molar-refractivity contribution in [3.63, 3.8) is 0 Å². The van der Waals surface area contributed by atoms with Gasteiger partial charge in [-0.1, -0.05) is 40.2 Å². The van der Waals surface area contributed by atoms with E-state index in [9.17, 15) is 4.79 Å². The van der Waals surface area contributed by atoms with Crippen LogP contribution >= 0.6 is 15.9 Å². The number of rotatable bonds is 3. The minimum absolute atomic E-state index is 0.223. The van der Waals surface area contributed by atoms with Gasteiger partial charge < -0.3 is 15.1 Å². The highest BCUT2D eigenvalue weighted by atomic mass is 79.9. The van der Waals surface area contributed by atoms with Crippen molar-refractivity contribution < 1.29 is 9.21 Å². The van der Waals surface area contributed by atoms with Crippen molar-refractivity contribution in [2.45, 2.75) is 13.0 Å². The number of para-hydroxylation sites is 1. The van der Waals surface area contributed by atoms with Crippen LogP contribution in [0.4, 0.5) is 10.5 Å². The van der Waals surface area contributed by atoms with Crippen LogP contribution in [0, 0.1) is 0 Å². The molecule has 0 spiro atoms. The molecule has 2 amide bonds. The van der Waals surface area contributed by atoms with Gasteiger partial charge in [0, 0.05) is 15.5 Å². The van der Waals surface area contributed by atoms with Crippen molar-refractivity contribution in [2.75, 3.05) is 5.32 Å². The predicted octanol–water partition coefficient (Wildman–Crippen LogP) is 5.08. The summed E-state index contributed by atoms with van der Waals surface area (Å²) in [4.78, 5) is 12.0. The van der Waals surface area contributed by atoms with E-state index in [1.165, 1.54) is 0 Å². The van der Waals surface area contributed by atoms with Gasteiger partial charge in [0.25, 0.3) is 0 Å². The fourth-order valence-corrected chi connectivity index (χ4v) is 2.62. The van der Waals surface area contributed by atoms with Gasteiger partial charge in [-0.05, 0) is 37.3 Å². The van der Waals surface area contributed by atoms with E-state index in [0.29, 0.717) is 0 Å². The molecule has 1 unspecified atom stereocenters. The Balaban J connectivity index is 1.68. The number of carbonyl (C=O) groups excluding carboxylic acids is 1. The molecule has 0 aliphatic heterocycles. The highest BCUT2D eigenvalue weighted by Gasteiger charge is 2.14. The van der Waals surface area contributed by atoms with Crippen molar-refractivity contribution in [3.8, 4) is 0 Å². The summed E-state index contributed by atoms with van der Waals surface area (Å²) in [5.41, 5.74) is 1.54. The van der Waals surface area contributed by atoms with Crippen LogP contribution < -0.4 is 10.6 Å². The Labute approximate surface area is 136 Å². The molecule has 22 heavy (non-hydrogen) atoms. The van der Waals surface area contributed by atoms with Crippen molar-refractivity contribution in [1.29, 1.82) is 0 Å². The Kier molecular flexibility index (Phi) is 4.15. The fourth-order valence-electron chi connectivity index (χ4n) is 2.22. The second kappa shape index (κ2) is 6.23. The van der Waals surface area contributed by atoms with Crippen molar-refractivity contribution in [2.24, 2.45) is 0 Å². The van der Waals surface area contributed by atoms with E-state index in [2.05, 4.69) is 26.6 Å². The maximum absolute atomic E-state index is 12.0. The predicted molar refractivity (Wildman–Crippen MR) is 90.9 cm³/mol. The highest BCUT2D eigenvalue weighted by Crippen LogP contribution is 2.23. The quantitative estimate of drug-likeness (QED) is 0.685. The average molecular weight is 359 g/mol. The van der Waals surface area contributed by atoms with Crippen LogP contribution in [0.1, 0.15) is 18.7 Å². The van der Waals surface area contributed by atoms with E-state index in [0.717, 1.165) is 26.9 Å². The lowest BCUT2D eigenvalue weighted by atomic mass is 10.2. The van der Waals surface area contributed by atoms with Crippen LogP contribution in [0.5, 0.6) is 0 Å². The molecule has 0 saturated carbocycles. The molecule has 1 heterocycles. The molecule has 0 radical (unpaired) electrons. The third-order valence-corrected chi connectivity index (χ3v) is 3.79. The first kappa shape index (κ1) is 14.7. The summed E-state index contributed by atoms with van der Waals surface area (Å²) >= 11 is 3.37. The first-order valence-electron chi connectivity index (χ1n) is 6.93. The van der Waals surface area contributed by atoms with E-state index in [1.807, 2.05) is 61.5 Å². The summed E-state index contributed by atoms with van der Waals surface area (Å²) < 4.78 is 6.66. The highest BCUT2D eigenvalue weighted by molar-refractivity contribution is 9.10. The third kappa shape index (κ3) is 3.31. The second-order valence-corrected chi connectivity index (χ2v) is 5.93. The minimum Gasteiger partial charge on any atom is -0.459 e. The van der Waals surface area contributed by atoms with E-state index in [1.54, 1.807) is 0 Å². The Morgan fingerprint density at radius 1 is 1.14 bits per heavy atom. The molecule has 1 atom stereocenters. The molecule has 112 valence electrons. The van der Waals surface area contributed by atoms with Crippen LogP contribution in [0.25, 0.3) is 11.0 Å². The molecule has 4 nitrogen and oxygen atoms in total. The number of hydrogen-bond acceptors (Lipinski definition) is 2. The van der Waals surface area contributed by atoms with Gasteiger partial charge in [0.05, 0.1) is 6.04 Å². The number of nitrogens with one attached hydrogen (secondary N) is 2. The molecular weight excluding hydrogens is 344 g/mol. The van der Waals surface area contributed by atoms with Gasteiger partial charge in [-0.2, -0.15) is 0 Å². The zero-order valence-electron chi connectivity index (χ0n) is 12.0. The largest absolute Gasteiger partial charge is 0.459 e. The van der Waals surface area contributed by atoms with Gasteiger partial charge in [-0.3, -0.25) is 0 Å². The van der Waals surface area contributed by atoms with Crippen LogP contribution in [0.2, 0.25) is 0 Å². The normalized spacial score (nSPS) is 12.1. The van der Waals surface area contributed by atoms with Crippen molar-refractivity contribution in [3.05, 3.63) is 64.8 Å². The van der Waals surface area contributed by atoms with E-state index in [4.69, 9.17) is 4.42 Å². The molecule has 2 aromatic carbocycles. The Morgan fingerprint density at radius 2 is 1.95 bits per heavy atom. The molecule has 0 aliphatic carbocycles. The number of benzene rings is 2. The number of amides is 2. The van der Waals surface area contributed by atoms with Gasteiger partial charge in [-0.15, -0.1) is 0 Å². The Hall–Kier alpha value is -2.27. The summed E-state index contributed by atoms with van der Waals surface area (Å²) in [5.74, 6) is 0.727. The second-order valence-electron chi connectivity index (χ2n) is 5.02. The fraction of sp³-hybridized carbons (Fsp3) is 0.118.